The molecule has 3 heteroatoms. The highest BCUT2D eigenvalue weighted by Gasteiger charge is 2.16. The molecule has 3 nitrogen and oxygen atoms in total. The summed E-state index contributed by atoms with van der Waals surface area (Å²) in [5.74, 6) is 0.695. The van der Waals surface area contributed by atoms with E-state index in [0.717, 1.165) is 61.1 Å². The molecule has 0 fully saturated rings. The van der Waals surface area contributed by atoms with Gasteiger partial charge in [0, 0.05) is 40.0 Å². The van der Waals surface area contributed by atoms with Gasteiger partial charge in [-0.2, -0.15) is 0 Å². The number of aromatic nitrogens is 3. The average Bonchev–Trinajstić information content (AvgIpc) is 3.26. The molecule has 0 amide bonds. The molecule has 0 aliphatic heterocycles. The van der Waals surface area contributed by atoms with Crippen molar-refractivity contribution in [3.05, 3.63) is 200 Å². The highest BCUT2D eigenvalue weighted by molar-refractivity contribution is 6.05. The third-order valence-corrected chi connectivity index (χ3v) is 10.4. The maximum atomic E-state index is 5.29. The molecule has 0 radical (unpaired) electrons. The van der Waals surface area contributed by atoms with E-state index < -0.39 is 0 Å². The van der Waals surface area contributed by atoms with Crippen LogP contribution in [0, 0.1) is 0 Å². The zero-order valence-corrected chi connectivity index (χ0v) is 29.4. The van der Waals surface area contributed by atoms with E-state index >= 15 is 0 Å². The molecule has 10 rings (SSSR count). The lowest BCUT2D eigenvalue weighted by molar-refractivity contribution is 1.18. The Bertz CT molecular complexity index is 2980. The van der Waals surface area contributed by atoms with Gasteiger partial charge in [-0.05, 0) is 72.9 Å². The summed E-state index contributed by atoms with van der Waals surface area (Å²) in [4.78, 5) is 15.0. The van der Waals surface area contributed by atoms with E-state index in [1.807, 2.05) is 18.5 Å². The van der Waals surface area contributed by atoms with Crippen molar-refractivity contribution in [2.45, 2.75) is 0 Å². The van der Waals surface area contributed by atoms with Gasteiger partial charge in [0.05, 0.1) is 11.4 Å². The van der Waals surface area contributed by atoms with Crippen molar-refractivity contribution in [2.24, 2.45) is 0 Å². The standard InChI is InChI=1S/C51H33N3/c1-2-12-37(13-3-1)49-31-50(54-51(53-49)41-17-10-16-39(30-41)40-26-21-34-11-4-5-14-38(34)29-40)47-28-27-44(45-19-8-9-20-46(45)47)35-22-24-36(25-23-35)48-33-52-32-42-15-6-7-18-43(42)48/h1-33H. The van der Waals surface area contributed by atoms with E-state index in [2.05, 4.69) is 187 Å². The number of fused-ring (bicyclic) bond motifs is 3. The molecule has 10 aromatic rings. The number of benzene rings is 8. The molecular weight excluding hydrogens is 655 g/mol. The van der Waals surface area contributed by atoms with Crippen LogP contribution in [0.25, 0.3) is 99.6 Å². The summed E-state index contributed by atoms with van der Waals surface area (Å²) in [5, 5.41) is 7.12. The minimum atomic E-state index is 0.695. The Kier molecular flexibility index (Phi) is 7.81. The van der Waals surface area contributed by atoms with Gasteiger partial charge in [-0.25, -0.2) is 9.97 Å². The lowest BCUT2D eigenvalue weighted by Gasteiger charge is -2.14. The summed E-state index contributed by atoms with van der Waals surface area (Å²) < 4.78 is 0. The number of rotatable bonds is 6. The predicted octanol–water partition coefficient (Wildman–Crippen LogP) is 13.3. The SMILES string of the molecule is c1ccc(-c2cc(-c3ccc(-c4ccc(-c5cncc6ccccc56)cc4)c4ccccc34)nc(-c3cccc(-c4ccc5ccccc5c4)c3)n2)cc1. The van der Waals surface area contributed by atoms with Crippen LogP contribution in [0.3, 0.4) is 0 Å². The van der Waals surface area contributed by atoms with Gasteiger partial charge in [0.25, 0.3) is 0 Å². The van der Waals surface area contributed by atoms with Gasteiger partial charge in [0.2, 0.25) is 0 Å². The van der Waals surface area contributed by atoms with Gasteiger partial charge in [0.1, 0.15) is 0 Å². The second-order valence-corrected chi connectivity index (χ2v) is 13.7. The van der Waals surface area contributed by atoms with Crippen LogP contribution in [0.15, 0.2) is 200 Å². The van der Waals surface area contributed by atoms with Gasteiger partial charge < -0.3 is 0 Å². The van der Waals surface area contributed by atoms with Gasteiger partial charge in [-0.15, -0.1) is 0 Å². The summed E-state index contributed by atoms with van der Waals surface area (Å²) in [6.07, 6.45) is 3.88. The third-order valence-electron chi connectivity index (χ3n) is 10.4. The fourth-order valence-corrected chi connectivity index (χ4v) is 7.63. The molecule has 0 saturated heterocycles. The van der Waals surface area contributed by atoms with Crippen LogP contribution in [0.5, 0.6) is 0 Å². The number of hydrogen-bond acceptors (Lipinski definition) is 3. The minimum Gasteiger partial charge on any atom is -0.263 e. The highest BCUT2D eigenvalue weighted by Crippen LogP contribution is 2.38. The zero-order chi connectivity index (χ0) is 35.8. The largest absolute Gasteiger partial charge is 0.263 e. The molecule has 0 saturated carbocycles. The summed E-state index contributed by atoms with van der Waals surface area (Å²) in [6, 6.07) is 66.5. The first-order valence-electron chi connectivity index (χ1n) is 18.2. The molecule has 2 aromatic heterocycles. The molecule has 0 aliphatic carbocycles. The molecule has 8 aromatic carbocycles. The molecule has 0 aliphatic rings. The van der Waals surface area contributed by atoms with Crippen LogP contribution in [0.4, 0.5) is 0 Å². The van der Waals surface area contributed by atoms with Crippen LogP contribution < -0.4 is 0 Å². The van der Waals surface area contributed by atoms with E-state index in [0.29, 0.717) is 5.82 Å². The fourth-order valence-electron chi connectivity index (χ4n) is 7.63. The van der Waals surface area contributed by atoms with Gasteiger partial charge in [-0.1, -0.05) is 170 Å². The molecular formula is C51H33N3. The quantitative estimate of drug-likeness (QED) is 0.175. The van der Waals surface area contributed by atoms with Crippen molar-refractivity contribution < 1.29 is 0 Å². The maximum absolute atomic E-state index is 5.29. The minimum absolute atomic E-state index is 0.695. The van der Waals surface area contributed by atoms with Crippen molar-refractivity contribution in [3.8, 4) is 67.3 Å². The maximum Gasteiger partial charge on any atom is 0.160 e. The Balaban J connectivity index is 1.08. The molecule has 252 valence electrons. The molecule has 0 bridgehead atoms. The van der Waals surface area contributed by atoms with Crippen molar-refractivity contribution in [3.63, 3.8) is 0 Å². The Labute approximate surface area is 313 Å². The predicted molar refractivity (Wildman–Crippen MR) is 225 cm³/mol. The second-order valence-electron chi connectivity index (χ2n) is 13.7. The Morgan fingerprint density at radius 1 is 0.278 bits per heavy atom. The van der Waals surface area contributed by atoms with Crippen LogP contribution in [0.2, 0.25) is 0 Å². The van der Waals surface area contributed by atoms with Gasteiger partial charge in [0.15, 0.2) is 5.82 Å². The second kappa shape index (κ2) is 13.4. The van der Waals surface area contributed by atoms with E-state index in [1.54, 1.807) is 0 Å². The van der Waals surface area contributed by atoms with E-state index in [9.17, 15) is 0 Å². The molecule has 0 N–H and O–H groups in total. The molecule has 0 unspecified atom stereocenters. The third kappa shape index (κ3) is 5.78. The summed E-state index contributed by atoms with van der Waals surface area (Å²) in [6.45, 7) is 0. The van der Waals surface area contributed by atoms with Crippen molar-refractivity contribution in [1.82, 2.24) is 15.0 Å². The van der Waals surface area contributed by atoms with Crippen LogP contribution >= 0.6 is 0 Å². The summed E-state index contributed by atoms with van der Waals surface area (Å²) in [7, 11) is 0. The highest BCUT2D eigenvalue weighted by atomic mass is 14.9. The number of nitrogens with zero attached hydrogens (tertiary/aromatic N) is 3. The monoisotopic (exact) mass is 687 g/mol. The molecule has 54 heavy (non-hydrogen) atoms. The van der Waals surface area contributed by atoms with E-state index in [4.69, 9.17) is 9.97 Å². The lowest BCUT2D eigenvalue weighted by Crippen LogP contribution is -1.97. The van der Waals surface area contributed by atoms with Crippen LogP contribution in [-0.2, 0) is 0 Å². The normalized spacial score (nSPS) is 11.3. The molecule has 2 heterocycles. The van der Waals surface area contributed by atoms with Crippen LogP contribution in [-0.4, -0.2) is 15.0 Å². The average molecular weight is 688 g/mol. The van der Waals surface area contributed by atoms with Gasteiger partial charge >= 0.3 is 0 Å². The van der Waals surface area contributed by atoms with Crippen molar-refractivity contribution in [2.75, 3.05) is 0 Å². The van der Waals surface area contributed by atoms with Crippen LogP contribution in [0.1, 0.15) is 0 Å². The number of pyridine rings is 1. The first kappa shape index (κ1) is 31.5. The lowest BCUT2D eigenvalue weighted by atomic mass is 9.92. The van der Waals surface area contributed by atoms with Gasteiger partial charge in [-0.3, -0.25) is 4.98 Å². The Morgan fingerprint density at radius 3 is 1.67 bits per heavy atom. The first-order chi connectivity index (χ1) is 26.7. The van der Waals surface area contributed by atoms with E-state index in [-0.39, 0.29) is 0 Å². The smallest absolute Gasteiger partial charge is 0.160 e. The molecule has 0 atom stereocenters. The topological polar surface area (TPSA) is 38.7 Å². The number of hydrogen-bond donors (Lipinski definition) is 0. The fraction of sp³-hybridized carbons (Fsp3) is 0. The summed E-state index contributed by atoms with van der Waals surface area (Å²) >= 11 is 0. The van der Waals surface area contributed by atoms with Crippen molar-refractivity contribution in [1.29, 1.82) is 0 Å². The molecule has 0 spiro atoms. The summed E-state index contributed by atoms with van der Waals surface area (Å²) in [5.41, 5.74) is 11.8. The van der Waals surface area contributed by atoms with E-state index in [1.165, 1.54) is 32.7 Å². The van der Waals surface area contributed by atoms with Crippen molar-refractivity contribution >= 4 is 32.3 Å². The Hall–Kier alpha value is -7.23. The Morgan fingerprint density at radius 2 is 0.852 bits per heavy atom. The first-order valence-corrected chi connectivity index (χ1v) is 18.2. The zero-order valence-electron chi connectivity index (χ0n) is 29.4.